The van der Waals surface area contributed by atoms with Gasteiger partial charge in [-0.3, -0.25) is 10.1 Å². The molecule has 0 unspecified atom stereocenters. The molecule has 1 aromatic rings. The molecule has 0 saturated heterocycles. The molecule has 0 amide bonds. The first kappa shape index (κ1) is 15.5. The zero-order chi connectivity index (χ0) is 14.8. The Labute approximate surface area is 132 Å². The largest absolute Gasteiger partial charge is 0.388 e. The van der Waals surface area contributed by atoms with Gasteiger partial charge in [0, 0.05) is 27.9 Å². The third-order valence-corrected chi connectivity index (χ3v) is 4.87. The number of nitrogens with one attached hydrogen (secondary N) is 1. The van der Waals surface area contributed by atoms with Crippen LogP contribution in [0.1, 0.15) is 32.6 Å². The summed E-state index contributed by atoms with van der Waals surface area (Å²) in [5, 5.41) is 24.4. The number of anilines is 1. The summed E-state index contributed by atoms with van der Waals surface area (Å²) < 4.78 is 0.796. The van der Waals surface area contributed by atoms with Gasteiger partial charge in [0.05, 0.1) is 10.5 Å². The maximum absolute atomic E-state index is 10.7. The second-order valence-electron chi connectivity index (χ2n) is 5.68. The lowest BCUT2D eigenvalue weighted by molar-refractivity contribution is -0.384. The molecular formula is C14H19IN2O3. The highest BCUT2D eigenvalue weighted by Gasteiger charge is 2.31. The van der Waals surface area contributed by atoms with Gasteiger partial charge in [0.2, 0.25) is 0 Å². The SMILES string of the molecule is CC1CCC(O)(CNc2ccc([N+](=O)[O-])cc2I)CC1. The van der Waals surface area contributed by atoms with Crippen LogP contribution in [0.5, 0.6) is 0 Å². The lowest BCUT2D eigenvalue weighted by Gasteiger charge is -2.35. The molecule has 0 heterocycles. The molecule has 0 aromatic heterocycles. The van der Waals surface area contributed by atoms with Gasteiger partial charge < -0.3 is 10.4 Å². The van der Waals surface area contributed by atoms with Crippen LogP contribution in [0.3, 0.4) is 0 Å². The number of non-ortho nitro benzene ring substituents is 1. The fourth-order valence-electron chi connectivity index (χ4n) is 2.50. The van der Waals surface area contributed by atoms with E-state index in [-0.39, 0.29) is 5.69 Å². The topological polar surface area (TPSA) is 75.4 Å². The van der Waals surface area contributed by atoms with Crippen LogP contribution in [0.25, 0.3) is 0 Å². The van der Waals surface area contributed by atoms with Crippen molar-refractivity contribution in [1.82, 2.24) is 0 Å². The highest BCUT2D eigenvalue weighted by Crippen LogP contribution is 2.32. The Morgan fingerprint density at radius 2 is 2.15 bits per heavy atom. The molecule has 1 saturated carbocycles. The van der Waals surface area contributed by atoms with Gasteiger partial charge in [0.15, 0.2) is 0 Å². The van der Waals surface area contributed by atoms with Crippen molar-refractivity contribution in [2.45, 2.75) is 38.2 Å². The monoisotopic (exact) mass is 390 g/mol. The number of hydrogen-bond donors (Lipinski definition) is 2. The second kappa shape index (κ2) is 6.26. The normalized spacial score (nSPS) is 26.2. The molecular weight excluding hydrogens is 371 g/mol. The maximum Gasteiger partial charge on any atom is 0.270 e. The van der Waals surface area contributed by atoms with Crippen molar-refractivity contribution >= 4 is 34.0 Å². The summed E-state index contributed by atoms with van der Waals surface area (Å²) in [5.74, 6) is 0.690. The van der Waals surface area contributed by atoms with E-state index >= 15 is 0 Å². The van der Waals surface area contributed by atoms with E-state index in [1.807, 2.05) is 0 Å². The van der Waals surface area contributed by atoms with E-state index < -0.39 is 10.5 Å². The van der Waals surface area contributed by atoms with Crippen molar-refractivity contribution in [2.24, 2.45) is 5.92 Å². The van der Waals surface area contributed by atoms with Gasteiger partial charge in [-0.1, -0.05) is 6.92 Å². The summed E-state index contributed by atoms with van der Waals surface area (Å²) in [5.41, 5.74) is 0.269. The fourth-order valence-corrected chi connectivity index (χ4v) is 3.19. The quantitative estimate of drug-likeness (QED) is 0.469. The molecule has 1 aliphatic rings. The first-order chi connectivity index (χ1) is 9.39. The summed E-state index contributed by atoms with van der Waals surface area (Å²) in [6.45, 7) is 2.71. The first-order valence-corrected chi connectivity index (χ1v) is 7.88. The van der Waals surface area contributed by atoms with E-state index in [9.17, 15) is 15.2 Å². The molecule has 2 rings (SSSR count). The Bertz CT molecular complexity index is 499. The summed E-state index contributed by atoms with van der Waals surface area (Å²) in [4.78, 5) is 10.3. The van der Waals surface area contributed by atoms with E-state index in [2.05, 4.69) is 34.8 Å². The minimum absolute atomic E-state index is 0.0881. The number of nitro benzene ring substituents is 1. The summed E-state index contributed by atoms with van der Waals surface area (Å²) in [7, 11) is 0. The van der Waals surface area contributed by atoms with Crippen LogP contribution < -0.4 is 5.32 Å². The summed E-state index contributed by atoms with van der Waals surface area (Å²) in [6.07, 6.45) is 3.72. The Morgan fingerprint density at radius 1 is 1.50 bits per heavy atom. The molecule has 6 heteroatoms. The highest BCUT2D eigenvalue weighted by molar-refractivity contribution is 14.1. The van der Waals surface area contributed by atoms with Crippen LogP contribution in [0.15, 0.2) is 18.2 Å². The van der Waals surface area contributed by atoms with Gasteiger partial charge in [-0.25, -0.2) is 0 Å². The van der Waals surface area contributed by atoms with Crippen LogP contribution in [-0.2, 0) is 0 Å². The molecule has 1 aliphatic carbocycles. The van der Waals surface area contributed by atoms with Gasteiger partial charge >= 0.3 is 0 Å². The smallest absolute Gasteiger partial charge is 0.270 e. The molecule has 0 aliphatic heterocycles. The van der Waals surface area contributed by atoms with E-state index in [0.29, 0.717) is 12.5 Å². The maximum atomic E-state index is 10.7. The molecule has 0 bridgehead atoms. The molecule has 1 aromatic carbocycles. The second-order valence-corrected chi connectivity index (χ2v) is 6.84. The van der Waals surface area contributed by atoms with Crippen molar-refractivity contribution in [1.29, 1.82) is 0 Å². The molecule has 1 fully saturated rings. The molecule has 0 spiro atoms. The molecule has 2 N–H and O–H groups in total. The highest BCUT2D eigenvalue weighted by atomic mass is 127. The van der Waals surface area contributed by atoms with Gasteiger partial charge in [-0.15, -0.1) is 0 Å². The minimum atomic E-state index is -0.655. The van der Waals surface area contributed by atoms with Gasteiger partial charge in [-0.05, 0) is 60.3 Å². The standard InChI is InChI=1S/C14H19IN2O3/c1-10-4-6-14(18,7-5-10)9-16-13-3-2-11(17(19)20)8-12(13)15/h2-3,8,10,16,18H,4-7,9H2,1H3. The van der Waals surface area contributed by atoms with Crippen LogP contribution >= 0.6 is 22.6 Å². The number of aliphatic hydroxyl groups is 1. The lowest BCUT2D eigenvalue weighted by Crippen LogP contribution is -2.40. The predicted octanol–water partition coefficient (Wildman–Crippen LogP) is 3.55. The molecule has 0 radical (unpaired) electrons. The predicted molar refractivity (Wildman–Crippen MR) is 86.9 cm³/mol. The fraction of sp³-hybridized carbons (Fsp3) is 0.571. The number of benzene rings is 1. The Kier molecular flexibility index (Phi) is 4.85. The van der Waals surface area contributed by atoms with Crippen molar-refractivity contribution in [3.8, 4) is 0 Å². The molecule has 20 heavy (non-hydrogen) atoms. The van der Waals surface area contributed by atoms with Crippen LogP contribution in [0.2, 0.25) is 0 Å². The number of nitrogens with zero attached hydrogens (tertiary/aromatic N) is 1. The number of halogens is 1. The Balaban J connectivity index is 1.99. The number of nitro groups is 1. The van der Waals surface area contributed by atoms with Crippen LogP contribution in [0.4, 0.5) is 11.4 Å². The van der Waals surface area contributed by atoms with Gasteiger partial charge in [0.1, 0.15) is 0 Å². The molecule has 0 atom stereocenters. The number of rotatable bonds is 4. The first-order valence-electron chi connectivity index (χ1n) is 6.80. The number of hydrogen-bond acceptors (Lipinski definition) is 4. The third-order valence-electron chi connectivity index (χ3n) is 3.98. The van der Waals surface area contributed by atoms with E-state index in [1.165, 1.54) is 12.1 Å². The minimum Gasteiger partial charge on any atom is -0.388 e. The summed E-state index contributed by atoms with van der Waals surface area (Å²) >= 11 is 2.07. The van der Waals surface area contributed by atoms with Crippen molar-refractivity contribution in [3.63, 3.8) is 0 Å². The van der Waals surface area contributed by atoms with Crippen molar-refractivity contribution < 1.29 is 10.0 Å². The molecule has 110 valence electrons. The zero-order valence-corrected chi connectivity index (χ0v) is 13.6. The lowest BCUT2D eigenvalue weighted by atomic mass is 9.79. The van der Waals surface area contributed by atoms with E-state index in [1.54, 1.807) is 6.07 Å². The Morgan fingerprint density at radius 3 is 2.70 bits per heavy atom. The Hall–Kier alpha value is -0.890. The average Bonchev–Trinajstić information content (AvgIpc) is 2.41. The average molecular weight is 390 g/mol. The van der Waals surface area contributed by atoms with Crippen molar-refractivity contribution in [2.75, 3.05) is 11.9 Å². The third kappa shape index (κ3) is 3.82. The van der Waals surface area contributed by atoms with E-state index in [0.717, 1.165) is 34.9 Å². The molecule has 5 nitrogen and oxygen atoms in total. The van der Waals surface area contributed by atoms with Crippen molar-refractivity contribution in [3.05, 3.63) is 31.9 Å². The van der Waals surface area contributed by atoms with Gasteiger partial charge in [0.25, 0.3) is 5.69 Å². The van der Waals surface area contributed by atoms with Gasteiger partial charge in [-0.2, -0.15) is 0 Å². The summed E-state index contributed by atoms with van der Waals surface area (Å²) in [6, 6.07) is 4.72. The van der Waals surface area contributed by atoms with Crippen LogP contribution in [-0.4, -0.2) is 22.2 Å². The van der Waals surface area contributed by atoms with Crippen LogP contribution in [0, 0.1) is 19.6 Å². The zero-order valence-electron chi connectivity index (χ0n) is 11.4. The van der Waals surface area contributed by atoms with E-state index in [4.69, 9.17) is 0 Å².